The molecular formula is C15H14FNO. The standard InChI is InChI=1S/C15H14FNO/c16-12-7-5-10(6-8-12)15(18)14-9-11-3-1-2-4-13(11)17-14/h1-8,14-15,17-18H,9H2. The molecule has 2 aromatic carbocycles. The Labute approximate surface area is 105 Å². The number of rotatable bonds is 2. The fraction of sp³-hybridized carbons (Fsp3) is 0.200. The predicted molar refractivity (Wildman–Crippen MR) is 68.9 cm³/mol. The second-order valence-corrected chi connectivity index (χ2v) is 4.61. The SMILES string of the molecule is OC(c1ccc(F)cc1)C1Cc2ccccc2N1. The summed E-state index contributed by atoms with van der Waals surface area (Å²) in [4.78, 5) is 0. The number of para-hydroxylation sites is 1. The Bertz CT molecular complexity index is 528. The number of benzene rings is 2. The monoisotopic (exact) mass is 243 g/mol. The number of hydrogen-bond donors (Lipinski definition) is 2. The summed E-state index contributed by atoms with van der Waals surface area (Å²) in [6, 6.07) is 14.0. The third kappa shape index (κ3) is 1.97. The zero-order valence-corrected chi connectivity index (χ0v) is 9.81. The van der Waals surface area contributed by atoms with E-state index in [9.17, 15) is 9.50 Å². The first-order valence-corrected chi connectivity index (χ1v) is 6.02. The highest BCUT2D eigenvalue weighted by atomic mass is 19.1. The topological polar surface area (TPSA) is 32.3 Å². The Morgan fingerprint density at radius 3 is 2.56 bits per heavy atom. The minimum atomic E-state index is -0.627. The molecule has 2 unspecified atom stereocenters. The van der Waals surface area contributed by atoms with Crippen LogP contribution in [-0.2, 0) is 6.42 Å². The molecule has 18 heavy (non-hydrogen) atoms. The lowest BCUT2D eigenvalue weighted by molar-refractivity contribution is 0.156. The van der Waals surface area contributed by atoms with Crippen molar-refractivity contribution in [3.8, 4) is 0 Å². The zero-order valence-electron chi connectivity index (χ0n) is 9.81. The molecule has 3 heteroatoms. The van der Waals surface area contributed by atoms with E-state index in [0.717, 1.165) is 17.7 Å². The normalized spacial score (nSPS) is 19.1. The number of aliphatic hydroxyl groups is 1. The summed E-state index contributed by atoms with van der Waals surface area (Å²) < 4.78 is 12.8. The highest BCUT2D eigenvalue weighted by molar-refractivity contribution is 5.57. The van der Waals surface area contributed by atoms with Gasteiger partial charge in [0.2, 0.25) is 0 Å². The minimum absolute atomic E-state index is 0.0483. The van der Waals surface area contributed by atoms with Crippen LogP contribution in [0.25, 0.3) is 0 Å². The molecule has 1 aliphatic heterocycles. The zero-order chi connectivity index (χ0) is 12.5. The van der Waals surface area contributed by atoms with Gasteiger partial charge < -0.3 is 10.4 Å². The molecule has 0 spiro atoms. The maximum absolute atomic E-state index is 12.8. The molecule has 92 valence electrons. The van der Waals surface area contributed by atoms with E-state index in [2.05, 4.69) is 11.4 Å². The van der Waals surface area contributed by atoms with Gasteiger partial charge in [-0.15, -0.1) is 0 Å². The van der Waals surface area contributed by atoms with E-state index in [1.807, 2.05) is 18.2 Å². The van der Waals surface area contributed by atoms with Gasteiger partial charge in [-0.3, -0.25) is 0 Å². The third-order valence-corrected chi connectivity index (χ3v) is 3.39. The van der Waals surface area contributed by atoms with Gasteiger partial charge in [0.25, 0.3) is 0 Å². The number of aliphatic hydroxyl groups excluding tert-OH is 1. The average Bonchev–Trinajstić information content (AvgIpc) is 2.82. The number of hydrogen-bond acceptors (Lipinski definition) is 2. The van der Waals surface area contributed by atoms with Crippen molar-refractivity contribution >= 4 is 5.69 Å². The van der Waals surface area contributed by atoms with Crippen LogP contribution < -0.4 is 5.32 Å². The fourth-order valence-corrected chi connectivity index (χ4v) is 2.41. The second kappa shape index (κ2) is 4.42. The lowest BCUT2D eigenvalue weighted by Crippen LogP contribution is -2.24. The van der Waals surface area contributed by atoms with Crippen LogP contribution in [0.2, 0.25) is 0 Å². The number of halogens is 1. The van der Waals surface area contributed by atoms with Gasteiger partial charge in [0.05, 0.1) is 12.1 Å². The van der Waals surface area contributed by atoms with Gasteiger partial charge in [-0.05, 0) is 35.7 Å². The van der Waals surface area contributed by atoms with Gasteiger partial charge in [0.15, 0.2) is 0 Å². The third-order valence-electron chi connectivity index (χ3n) is 3.39. The van der Waals surface area contributed by atoms with E-state index in [4.69, 9.17) is 0 Å². The van der Waals surface area contributed by atoms with Crippen molar-refractivity contribution in [2.75, 3.05) is 5.32 Å². The number of nitrogens with one attached hydrogen (secondary N) is 1. The van der Waals surface area contributed by atoms with Crippen LogP contribution in [0.5, 0.6) is 0 Å². The summed E-state index contributed by atoms with van der Waals surface area (Å²) in [5.74, 6) is -0.284. The van der Waals surface area contributed by atoms with Crippen molar-refractivity contribution in [3.63, 3.8) is 0 Å². The Morgan fingerprint density at radius 1 is 1.11 bits per heavy atom. The smallest absolute Gasteiger partial charge is 0.123 e. The molecule has 0 fully saturated rings. The summed E-state index contributed by atoms with van der Waals surface area (Å²) in [7, 11) is 0. The number of fused-ring (bicyclic) bond motifs is 1. The van der Waals surface area contributed by atoms with Crippen LogP contribution in [0, 0.1) is 5.82 Å². The lowest BCUT2D eigenvalue weighted by atomic mass is 9.99. The van der Waals surface area contributed by atoms with Crippen molar-refractivity contribution in [1.82, 2.24) is 0 Å². The van der Waals surface area contributed by atoms with E-state index in [-0.39, 0.29) is 11.9 Å². The molecular weight excluding hydrogens is 229 g/mol. The molecule has 0 bridgehead atoms. The molecule has 2 aromatic rings. The molecule has 1 heterocycles. The first-order valence-electron chi connectivity index (χ1n) is 6.02. The highest BCUT2D eigenvalue weighted by Gasteiger charge is 2.27. The van der Waals surface area contributed by atoms with Crippen molar-refractivity contribution in [1.29, 1.82) is 0 Å². The van der Waals surface area contributed by atoms with Crippen LogP contribution in [0.1, 0.15) is 17.2 Å². The van der Waals surface area contributed by atoms with Gasteiger partial charge in [-0.1, -0.05) is 30.3 Å². The molecule has 0 radical (unpaired) electrons. The molecule has 2 atom stereocenters. The van der Waals surface area contributed by atoms with Crippen LogP contribution >= 0.6 is 0 Å². The van der Waals surface area contributed by atoms with E-state index in [0.29, 0.717) is 0 Å². The van der Waals surface area contributed by atoms with Crippen LogP contribution in [0.4, 0.5) is 10.1 Å². The van der Waals surface area contributed by atoms with Gasteiger partial charge in [0, 0.05) is 5.69 Å². The quantitative estimate of drug-likeness (QED) is 0.850. The predicted octanol–water partition coefficient (Wildman–Crippen LogP) is 2.90. The molecule has 2 nitrogen and oxygen atoms in total. The first-order chi connectivity index (χ1) is 8.74. The summed E-state index contributed by atoms with van der Waals surface area (Å²) >= 11 is 0. The van der Waals surface area contributed by atoms with Crippen molar-refractivity contribution in [2.45, 2.75) is 18.6 Å². The van der Waals surface area contributed by atoms with Crippen LogP contribution in [-0.4, -0.2) is 11.1 Å². The van der Waals surface area contributed by atoms with Gasteiger partial charge in [-0.2, -0.15) is 0 Å². The Kier molecular flexibility index (Phi) is 2.76. The van der Waals surface area contributed by atoms with Gasteiger partial charge in [0.1, 0.15) is 5.82 Å². The molecule has 0 aromatic heterocycles. The van der Waals surface area contributed by atoms with Crippen molar-refractivity contribution in [2.24, 2.45) is 0 Å². The van der Waals surface area contributed by atoms with Gasteiger partial charge >= 0.3 is 0 Å². The minimum Gasteiger partial charge on any atom is -0.386 e. The molecule has 1 aliphatic rings. The van der Waals surface area contributed by atoms with Crippen LogP contribution in [0.3, 0.4) is 0 Å². The second-order valence-electron chi connectivity index (χ2n) is 4.61. The largest absolute Gasteiger partial charge is 0.386 e. The van der Waals surface area contributed by atoms with E-state index in [1.165, 1.54) is 17.7 Å². The lowest BCUT2D eigenvalue weighted by Gasteiger charge is -2.19. The van der Waals surface area contributed by atoms with Crippen molar-refractivity contribution in [3.05, 3.63) is 65.5 Å². The fourth-order valence-electron chi connectivity index (χ4n) is 2.41. The molecule has 0 saturated carbocycles. The summed E-state index contributed by atoms with van der Waals surface area (Å²) in [6.07, 6.45) is 0.160. The molecule has 2 N–H and O–H groups in total. The average molecular weight is 243 g/mol. The maximum atomic E-state index is 12.8. The Hall–Kier alpha value is -1.87. The number of anilines is 1. The molecule has 3 rings (SSSR count). The highest BCUT2D eigenvalue weighted by Crippen LogP contribution is 2.31. The first kappa shape index (κ1) is 11.2. The Morgan fingerprint density at radius 2 is 1.83 bits per heavy atom. The maximum Gasteiger partial charge on any atom is 0.123 e. The summed E-state index contributed by atoms with van der Waals surface area (Å²) in [6.45, 7) is 0. The van der Waals surface area contributed by atoms with Gasteiger partial charge in [-0.25, -0.2) is 4.39 Å². The van der Waals surface area contributed by atoms with E-state index in [1.54, 1.807) is 12.1 Å². The van der Waals surface area contributed by atoms with Crippen LogP contribution in [0.15, 0.2) is 48.5 Å². The van der Waals surface area contributed by atoms with Crippen molar-refractivity contribution < 1.29 is 9.50 Å². The molecule has 0 amide bonds. The van der Waals surface area contributed by atoms with E-state index >= 15 is 0 Å². The summed E-state index contributed by atoms with van der Waals surface area (Å²) in [5.41, 5.74) is 3.02. The Balaban J connectivity index is 1.80. The summed E-state index contributed by atoms with van der Waals surface area (Å²) in [5, 5.41) is 13.6. The molecule has 0 aliphatic carbocycles. The molecule has 0 saturated heterocycles. The van der Waals surface area contributed by atoms with E-state index < -0.39 is 6.10 Å².